The third kappa shape index (κ3) is 3.58. The number of amides is 1. The summed E-state index contributed by atoms with van der Waals surface area (Å²) >= 11 is 7.29. The maximum atomic E-state index is 12.6. The fourth-order valence-corrected chi connectivity index (χ4v) is 3.80. The average molecular weight is 377 g/mol. The second-order valence-electron chi connectivity index (χ2n) is 5.92. The molecule has 8 heteroatoms. The lowest BCUT2D eigenvalue weighted by Crippen LogP contribution is -2.18. The number of hydrogen-bond acceptors (Lipinski definition) is 5. The van der Waals surface area contributed by atoms with Crippen molar-refractivity contribution in [3.8, 4) is 0 Å². The number of para-hydroxylation sites is 1. The predicted octanol–water partition coefficient (Wildman–Crippen LogP) is 3.26. The standard InChI is InChI=1S/C17H17ClN4O2S/c1-9-13-15(23)20-12(8-22(2)3)21-17(13)25-14(9)16(24)19-11-7-5-4-6-10(11)18/h4-7H,8H2,1-3H3,(H,19,24)(H,20,21,23). The summed E-state index contributed by atoms with van der Waals surface area (Å²) in [5.74, 6) is 0.268. The highest BCUT2D eigenvalue weighted by atomic mass is 35.5. The molecule has 0 bridgehead atoms. The number of halogens is 1. The van der Waals surface area contributed by atoms with Crippen LogP contribution in [0.2, 0.25) is 5.02 Å². The molecule has 0 radical (unpaired) electrons. The van der Waals surface area contributed by atoms with Gasteiger partial charge in [-0.3, -0.25) is 9.59 Å². The van der Waals surface area contributed by atoms with Gasteiger partial charge in [-0.25, -0.2) is 4.98 Å². The van der Waals surface area contributed by atoms with Crippen molar-refractivity contribution in [2.75, 3.05) is 19.4 Å². The summed E-state index contributed by atoms with van der Waals surface area (Å²) in [6, 6.07) is 7.01. The SMILES string of the molecule is Cc1c(C(=O)Nc2ccccc2Cl)sc2nc(CN(C)C)[nH]c(=O)c12. The number of H-pyrrole nitrogens is 1. The normalized spacial score (nSPS) is 11.2. The van der Waals surface area contributed by atoms with E-state index in [4.69, 9.17) is 11.6 Å². The van der Waals surface area contributed by atoms with E-state index in [0.29, 0.717) is 43.7 Å². The Morgan fingerprint density at radius 2 is 2.08 bits per heavy atom. The van der Waals surface area contributed by atoms with E-state index in [-0.39, 0.29) is 11.5 Å². The maximum absolute atomic E-state index is 12.6. The van der Waals surface area contributed by atoms with Gasteiger partial charge in [0.2, 0.25) is 0 Å². The van der Waals surface area contributed by atoms with Gasteiger partial charge in [-0.05, 0) is 38.7 Å². The van der Waals surface area contributed by atoms with Crippen molar-refractivity contribution in [1.29, 1.82) is 0 Å². The maximum Gasteiger partial charge on any atom is 0.266 e. The predicted molar refractivity (Wildman–Crippen MR) is 102 cm³/mol. The van der Waals surface area contributed by atoms with E-state index >= 15 is 0 Å². The van der Waals surface area contributed by atoms with Crippen LogP contribution >= 0.6 is 22.9 Å². The van der Waals surface area contributed by atoms with Crippen LogP contribution in [0.5, 0.6) is 0 Å². The Bertz CT molecular complexity index is 1010. The number of carbonyl (C=O) groups is 1. The molecule has 2 aromatic heterocycles. The van der Waals surface area contributed by atoms with E-state index in [1.165, 1.54) is 11.3 Å². The van der Waals surface area contributed by atoms with Gasteiger partial charge in [0.1, 0.15) is 10.7 Å². The van der Waals surface area contributed by atoms with Gasteiger partial charge in [0.25, 0.3) is 11.5 Å². The first-order valence-electron chi connectivity index (χ1n) is 7.59. The third-order valence-electron chi connectivity index (χ3n) is 3.64. The Morgan fingerprint density at radius 1 is 1.36 bits per heavy atom. The Kier molecular flexibility index (Phi) is 4.89. The number of fused-ring (bicyclic) bond motifs is 1. The number of nitrogens with zero attached hydrogens (tertiary/aromatic N) is 2. The van der Waals surface area contributed by atoms with Gasteiger partial charge >= 0.3 is 0 Å². The number of anilines is 1. The molecule has 3 rings (SSSR count). The summed E-state index contributed by atoms with van der Waals surface area (Å²) in [5, 5.41) is 3.70. The zero-order valence-electron chi connectivity index (χ0n) is 14.0. The van der Waals surface area contributed by atoms with Crippen LogP contribution in [0.3, 0.4) is 0 Å². The molecular weight excluding hydrogens is 360 g/mol. The van der Waals surface area contributed by atoms with Crippen molar-refractivity contribution in [3.05, 3.63) is 55.9 Å². The van der Waals surface area contributed by atoms with E-state index in [9.17, 15) is 9.59 Å². The first kappa shape index (κ1) is 17.6. The van der Waals surface area contributed by atoms with E-state index < -0.39 is 0 Å². The summed E-state index contributed by atoms with van der Waals surface area (Å²) in [6.45, 7) is 2.27. The molecule has 1 aromatic carbocycles. The second-order valence-corrected chi connectivity index (χ2v) is 7.33. The summed E-state index contributed by atoms with van der Waals surface area (Å²) in [4.78, 5) is 35.2. The summed E-state index contributed by atoms with van der Waals surface area (Å²) < 4.78 is 0. The fraction of sp³-hybridized carbons (Fsp3) is 0.235. The lowest BCUT2D eigenvalue weighted by molar-refractivity contribution is 0.103. The van der Waals surface area contributed by atoms with Crippen LogP contribution in [0.1, 0.15) is 21.1 Å². The zero-order chi connectivity index (χ0) is 18.1. The number of carbonyl (C=O) groups excluding carboxylic acids is 1. The molecule has 0 saturated carbocycles. The highest BCUT2D eigenvalue weighted by Gasteiger charge is 2.20. The van der Waals surface area contributed by atoms with Crippen molar-refractivity contribution in [1.82, 2.24) is 14.9 Å². The highest BCUT2D eigenvalue weighted by Crippen LogP contribution is 2.29. The van der Waals surface area contributed by atoms with Crippen molar-refractivity contribution < 1.29 is 4.79 Å². The van der Waals surface area contributed by atoms with Crippen LogP contribution in [0.25, 0.3) is 10.2 Å². The number of aromatic amines is 1. The molecular formula is C17H17ClN4O2S. The molecule has 0 spiro atoms. The van der Waals surface area contributed by atoms with Crippen LogP contribution < -0.4 is 10.9 Å². The molecule has 6 nitrogen and oxygen atoms in total. The number of thiophene rings is 1. The Hall–Kier alpha value is -2.22. The summed E-state index contributed by atoms with van der Waals surface area (Å²) in [6.07, 6.45) is 0. The molecule has 0 aliphatic heterocycles. The zero-order valence-corrected chi connectivity index (χ0v) is 15.6. The minimum Gasteiger partial charge on any atom is -0.320 e. The number of benzene rings is 1. The molecule has 2 heterocycles. The lowest BCUT2D eigenvalue weighted by Gasteiger charge is -2.07. The lowest BCUT2D eigenvalue weighted by atomic mass is 10.2. The van der Waals surface area contributed by atoms with Gasteiger partial charge in [-0.1, -0.05) is 23.7 Å². The molecule has 0 aliphatic carbocycles. The van der Waals surface area contributed by atoms with Crippen LogP contribution in [0.4, 0.5) is 5.69 Å². The van der Waals surface area contributed by atoms with Gasteiger partial charge in [0.05, 0.1) is 27.5 Å². The topological polar surface area (TPSA) is 78.1 Å². The van der Waals surface area contributed by atoms with Crippen LogP contribution in [-0.4, -0.2) is 34.9 Å². The fourth-order valence-electron chi connectivity index (χ4n) is 2.52. The molecule has 0 saturated heterocycles. The van der Waals surface area contributed by atoms with Gasteiger partial charge in [-0.2, -0.15) is 0 Å². The van der Waals surface area contributed by atoms with Crippen molar-refractivity contribution in [3.63, 3.8) is 0 Å². The van der Waals surface area contributed by atoms with Crippen LogP contribution in [0.15, 0.2) is 29.1 Å². The molecule has 3 aromatic rings. The number of aryl methyl sites for hydroxylation is 1. The van der Waals surface area contributed by atoms with Crippen LogP contribution in [0, 0.1) is 6.92 Å². The molecule has 0 atom stereocenters. The highest BCUT2D eigenvalue weighted by molar-refractivity contribution is 7.20. The van der Waals surface area contributed by atoms with E-state index in [0.717, 1.165) is 0 Å². The average Bonchev–Trinajstić information content (AvgIpc) is 2.86. The summed E-state index contributed by atoms with van der Waals surface area (Å²) in [7, 11) is 3.79. The first-order chi connectivity index (χ1) is 11.9. The van der Waals surface area contributed by atoms with Crippen LogP contribution in [-0.2, 0) is 6.54 Å². The van der Waals surface area contributed by atoms with E-state index in [1.807, 2.05) is 19.0 Å². The quantitative estimate of drug-likeness (QED) is 0.732. The van der Waals surface area contributed by atoms with Crippen molar-refractivity contribution in [2.24, 2.45) is 0 Å². The van der Waals surface area contributed by atoms with E-state index in [1.54, 1.807) is 31.2 Å². The molecule has 25 heavy (non-hydrogen) atoms. The monoisotopic (exact) mass is 376 g/mol. The van der Waals surface area contributed by atoms with Gasteiger partial charge in [0, 0.05) is 0 Å². The van der Waals surface area contributed by atoms with Crippen molar-refractivity contribution >= 4 is 44.7 Å². The third-order valence-corrected chi connectivity index (χ3v) is 5.16. The molecule has 0 fully saturated rings. The minimum absolute atomic E-state index is 0.229. The minimum atomic E-state index is -0.304. The van der Waals surface area contributed by atoms with Gasteiger partial charge in [-0.15, -0.1) is 11.3 Å². The molecule has 1 amide bonds. The summed E-state index contributed by atoms with van der Waals surface area (Å²) in [5.41, 5.74) is 0.920. The van der Waals surface area contributed by atoms with Gasteiger partial charge in [0.15, 0.2) is 0 Å². The molecule has 130 valence electrons. The smallest absolute Gasteiger partial charge is 0.266 e. The largest absolute Gasteiger partial charge is 0.320 e. The first-order valence-corrected chi connectivity index (χ1v) is 8.79. The molecule has 0 unspecified atom stereocenters. The molecule has 0 aliphatic rings. The van der Waals surface area contributed by atoms with Crippen molar-refractivity contribution in [2.45, 2.75) is 13.5 Å². The van der Waals surface area contributed by atoms with E-state index in [2.05, 4.69) is 15.3 Å². The second kappa shape index (κ2) is 6.95. The number of nitrogens with one attached hydrogen (secondary N) is 2. The number of aromatic nitrogens is 2. The number of rotatable bonds is 4. The van der Waals surface area contributed by atoms with Gasteiger partial charge < -0.3 is 15.2 Å². The Labute approximate surface area is 153 Å². The number of hydrogen-bond donors (Lipinski definition) is 2. The Morgan fingerprint density at radius 3 is 2.76 bits per heavy atom. The Balaban J connectivity index is 2.01. The molecule has 2 N–H and O–H groups in total.